The van der Waals surface area contributed by atoms with E-state index in [1.54, 1.807) is 6.20 Å². The van der Waals surface area contributed by atoms with Gasteiger partial charge in [0, 0.05) is 31.0 Å². The van der Waals surface area contributed by atoms with Gasteiger partial charge < -0.3 is 14.6 Å². The highest BCUT2D eigenvalue weighted by Gasteiger charge is 2.50. The lowest BCUT2D eigenvalue weighted by Crippen LogP contribution is -2.34. The molecule has 3 rings (SSSR count). The van der Waals surface area contributed by atoms with Crippen LogP contribution in [0.25, 0.3) is 0 Å². The maximum Gasteiger partial charge on any atom is 0.308 e. The molecule has 3 heterocycles. The van der Waals surface area contributed by atoms with Crippen molar-refractivity contribution in [2.75, 3.05) is 4.90 Å². The van der Waals surface area contributed by atoms with Crippen LogP contribution in [0.5, 0.6) is 0 Å². The highest BCUT2D eigenvalue weighted by Crippen LogP contribution is 2.43. The lowest BCUT2D eigenvalue weighted by atomic mass is 9.89. The summed E-state index contributed by atoms with van der Waals surface area (Å²) in [5.41, 5.74) is 0. The van der Waals surface area contributed by atoms with E-state index in [1.165, 1.54) is 0 Å². The van der Waals surface area contributed by atoms with E-state index >= 15 is 0 Å². The topological polar surface area (TPSA) is 58.4 Å². The Labute approximate surface area is 100 Å². The monoisotopic (exact) mass is 235 g/mol. The maximum absolute atomic E-state index is 11.2. The fourth-order valence-corrected chi connectivity index (χ4v) is 3.35. The van der Waals surface area contributed by atoms with Crippen LogP contribution in [0.4, 0.5) is 5.95 Å². The Balaban J connectivity index is 1.93. The summed E-state index contributed by atoms with van der Waals surface area (Å²) >= 11 is 0. The number of hydrogen-bond donors (Lipinski definition) is 1. The second kappa shape index (κ2) is 3.75. The number of imidazole rings is 1. The average molecular weight is 235 g/mol. The zero-order valence-corrected chi connectivity index (χ0v) is 9.91. The van der Waals surface area contributed by atoms with E-state index in [1.807, 2.05) is 6.20 Å². The summed E-state index contributed by atoms with van der Waals surface area (Å²) in [5.74, 6) is 0.0799. The minimum Gasteiger partial charge on any atom is -0.481 e. The van der Waals surface area contributed by atoms with Crippen molar-refractivity contribution >= 4 is 11.9 Å². The SMILES string of the molecule is CCn1ccnc1N1C2CCC1C(C(=O)O)C2. The first-order valence-corrected chi connectivity index (χ1v) is 6.24. The summed E-state index contributed by atoms with van der Waals surface area (Å²) in [6, 6.07) is 0.513. The number of fused-ring (bicyclic) bond motifs is 2. The molecule has 2 aliphatic heterocycles. The van der Waals surface area contributed by atoms with Crippen LogP contribution in [0.2, 0.25) is 0 Å². The van der Waals surface area contributed by atoms with Crippen LogP contribution in [0.3, 0.4) is 0 Å². The number of carbonyl (C=O) groups is 1. The van der Waals surface area contributed by atoms with Crippen LogP contribution in [0.15, 0.2) is 12.4 Å². The van der Waals surface area contributed by atoms with Crippen molar-refractivity contribution in [2.45, 2.75) is 44.8 Å². The zero-order chi connectivity index (χ0) is 12.0. The van der Waals surface area contributed by atoms with E-state index in [9.17, 15) is 9.90 Å². The van der Waals surface area contributed by atoms with E-state index in [-0.39, 0.29) is 12.0 Å². The molecule has 0 amide bonds. The molecule has 0 aliphatic carbocycles. The average Bonchev–Trinajstić information content (AvgIpc) is 3.00. The Bertz CT molecular complexity index is 443. The molecule has 17 heavy (non-hydrogen) atoms. The molecule has 2 fully saturated rings. The van der Waals surface area contributed by atoms with Gasteiger partial charge in [-0.25, -0.2) is 4.98 Å². The van der Waals surface area contributed by atoms with Crippen LogP contribution in [0, 0.1) is 5.92 Å². The third-order valence-electron chi connectivity index (χ3n) is 4.12. The standard InChI is InChI=1S/C12H17N3O2/c1-2-14-6-5-13-12(14)15-8-3-4-10(15)9(7-8)11(16)17/h5-6,8-10H,2-4,7H2,1H3,(H,16,17). The molecule has 5 heteroatoms. The maximum atomic E-state index is 11.2. The second-order valence-electron chi connectivity index (χ2n) is 4.90. The number of aromatic nitrogens is 2. The Hall–Kier alpha value is -1.52. The largest absolute Gasteiger partial charge is 0.481 e. The molecular formula is C12H17N3O2. The lowest BCUT2D eigenvalue weighted by Gasteiger charge is -2.24. The van der Waals surface area contributed by atoms with E-state index in [0.717, 1.165) is 31.8 Å². The van der Waals surface area contributed by atoms with Crippen molar-refractivity contribution in [1.29, 1.82) is 0 Å². The fraction of sp³-hybridized carbons (Fsp3) is 0.667. The number of rotatable bonds is 3. The summed E-state index contributed by atoms with van der Waals surface area (Å²) in [6.07, 6.45) is 6.62. The highest BCUT2D eigenvalue weighted by molar-refractivity contribution is 5.73. The summed E-state index contributed by atoms with van der Waals surface area (Å²) in [7, 11) is 0. The van der Waals surface area contributed by atoms with Crippen LogP contribution in [-0.2, 0) is 11.3 Å². The molecule has 5 nitrogen and oxygen atoms in total. The van der Waals surface area contributed by atoms with Crippen molar-refractivity contribution in [3.63, 3.8) is 0 Å². The van der Waals surface area contributed by atoms with E-state index in [4.69, 9.17) is 0 Å². The Morgan fingerprint density at radius 3 is 3.06 bits per heavy atom. The van der Waals surface area contributed by atoms with Crippen LogP contribution in [-0.4, -0.2) is 32.7 Å². The molecule has 0 saturated carbocycles. The molecule has 2 aliphatic rings. The summed E-state index contributed by atoms with van der Waals surface area (Å²) in [4.78, 5) is 17.8. The summed E-state index contributed by atoms with van der Waals surface area (Å²) in [5, 5.41) is 9.22. The van der Waals surface area contributed by atoms with Crippen molar-refractivity contribution < 1.29 is 9.90 Å². The number of carboxylic acids is 1. The predicted molar refractivity (Wildman–Crippen MR) is 62.9 cm³/mol. The van der Waals surface area contributed by atoms with E-state index < -0.39 is 5.97 Å². The van der Waals surface area contributed by atoms with Gasteiger partial charge >= 0.3 is 5.97 Å². The van der Waals surface area contributed by atoms with Gasteiger partial charge in [0.1, 0.15) is 0 Å². The quantitative estimate of drug-likeness (QED) is 0.859. The van der Waals surface area contributed by atoms with Crippen LogP contribution >= 0.6 is 0 Å². The predicted octanol–water partition coefficient (Wildman–Crippen LogP) is 1.34. The highest BCUT2D eigenvalue weighted by atomic mass is 16.4. The van der Waals surface area contributed by atoms with Crippen molar-refractivity contribution in [3.8, 4) is 0 Å². The van der Waals surface area contributed by atoms with Gasteiger partial charge in [-0.15, -0.1) is 0 Å². The van der Waals surface area contributed by atoms with Gasteiger partial charge in [-0.1, -0.05) is 0 Å². The van der Waals surface area contributed by atoms with Crippen LogP contribution < -0.4 is 4.90 Å². The third kappa shape index (κ3) is 1.45. The first-order valence-electron chi connectivity index (χ1n) is 6.24. The number of carboxylic acid groups (broad SMARTS) is 1. The van der Waals surface area contributed by atoms with Gasteiger partial charge in [-0.05, 0) is 26.2 Å². The lowest BCUT2D eigenvalue weighted by molar-refractivity contribution is -0.142. The minimum absolute atomic E-state index is 0.144. The van der Waals surface area contributed by atoms with E-state index in [0.29, 0.717) is 6.04 Å². The van der Waals surface area contributed by atoms with Crippen molar-refractivity contribution in [2.24, 2.45) is 5.92 Å². The molecule has 2 bridgehead atoms. The molecule has 0 radical (unpaired) electrons. The number of nitrogens with zero attached hydrogens (tertiary/aromatic N) is 3. The molecule has 1 aromatic rings. The third-order valence-corrected chi connectivity index (χ3v) is 4.12. The number of anilines is 1. The first-order chi connectivity index (χ1) is 8.22. The Morgan fingerprint density at radius 2 is 2.41 bits per heavy atom. The molecule has 1 aromatic heterocycles. The summed E-state index contributed by atoms with van der Waals surface area (Å²) in [6.45, 7) is 2.96. The van der Waals surface area contributed by atoms with Gasteiger partial charge in [-0.2, -0.15) is 0 Å². The van der Waals surface area contributed by atoms with Gasteiger partial charge in [0.25, 0.3) is 0 Å². The van der Waals surface area contributed by atoms with Gasteiger partial charge in [0.05, 0.1) is 5.92 Å². The molecular weight excluding hydrogens is 218 g/mol. The normalized spacial score (nSPS) is 31.1. The Morgan fingerprint density at radius 1 is 1.59 bits per heavy atom. The van der Waals surface area contributed by atoms with Crippen molar-refractivity contribution in [3.05, 3.63) is 12.4 Å². The fourth-order valence-electron chi connectivity index (χ4n) is 3.35. The number of hydrogen-bond acceptors (Lipinski definition) is 3. The first kappa shape index (κ1) is 10.6. The zero-order valence-electron chi connectivity index (χ0n) is 9.91. The van der Waals surface area contributed by atoms with E-state index in [2.05, 4.69) is 21.4 Å². The molecule has 0 spiro atoms. The van der Waals surface area contributed by atoms with Crippen molar-refractivity contribution in [1.82, 2.24) is 9.55 Å². The Kier molecular flexibility index (Phi) is 2.34. The van der Waals surface area contributed by atoms with Gasteiger partial charge in [0.15, 0.2) is 0 Å². The molecule has 0 aromatic carbocycles. The molecule has 3 atom stereocenters. The smallest absolute Gasteiger partial charge is 0.308 e. The number of aliphatic carboxylic acids is 1. The van der Waals surface area contributed by atoms with Crippen LogP contribution in [0.1, 0.15) is 26.2 Å². The molecule has 92 valence electrons. The summed E-state index contributed by atoms with van der Waals surface area (Å²) < 4.78 is 2.09. The number of aryl methyl sites for hydroxylation is 1. The molecule has 3 unspecified atom stereocenters. The van der Waals surface area contributed by atoms with Gasteiger partial charge in [-0.3, -0.25) is 4.79 Å². The minimum atomic E-state index is -0.656. The van der Waals surface area contributed by atoms with Gasteiger partial charge in [0.2, 0.25) is 5.95 Å². The molecule has 2 saturated heterocycles. The molecule has 1 N–H and O–H groups in total. The second-order valence-corrected chi connectivity index (χ2v) is 4.90.